The molecule has 3 N–H and O–H groups in total. The molecule has 13 nitrogen and oxygen atoms in total. The first kappa shape index (κ1) is 52.5. The number of fused-ring (bicyclic) bond motifs is 2. The second-order valence-corrected chi connectivity index (χ2v) is 25.9. The van der Waals surface area contributed by atoms with Crippen molar-refractivity contribution in [1.82, 2.24) is 33.0 Å². The fourth-order valence-electron chi connectivity index (χ4n) is 10.1. The molecule has 2 aromatic carbocycles. The molecule has 378 valence electrons. The highest BCUT2D eigenvalue weighted by atomic mass is 35.5. The second-order valence-electron chi connectivity index (χ2n) is 22.0. The molecule has 68 heavy (non-hydrogen) atoms. The maximum atomic E-state index is 13.7. The van der Waals surface area contributed by atoms with Crippen LogP contribution in [-0.4, -0.2) is 101 Å². The number of carbonyl (C=O) groups excluding carboxylic acids is 1. The monoisotopic (exact) mass is 1010 g/mol. The van der Waals surface area contributed by atoms with E-state index in [9.17, 15) is 39.2 Å². The average Bonchev–Trinajstić information content (AvgIpc) is 3.51. The maximum Gasteiger partial charge on any atom is 0.248 e. The zero-order valence-electron chi connectivity index (χ0n) is 40.1. The average molecular weight is 1010 g/mol. The molecule has 2 aliphatic heterocycles. The Morgan fingerprint density at radius 1 is 0.662 bits per heavy atom. The highest BCUT2D eigenvalue weighted by Gasteiger charge is 2.40. The van der Waals surface area contributed by atoms with E-state index in [1.165, 1.54) is 8.61 Å². The van der Waals surface area contributed by atoms with E-state index in [-0.39, 0.29) is 101 Å². The number of amides is 1. The van der Waals surface area contributed by atoms with Crippen molar-refractivity contribution in [2.24, 2.45) is 23.5 Å². The van der Waals surface area contributed by atoms with Crippen molar-refractivity contribution in [1.29, 1.82) is 0 Å². The third kappa shape index (κ3) is 11.5. The number of aromatic nitrogens is 4. The van der Waals surface area contributed by atoms with Crippen molar-refractivity contribution in [2.45, 2.75) is 176 Å². The molecule has 5 fully saturated rings. The van der Waals surface area contributed by atoms with Crippen molar-refractivity contribution in [2.75, 3.05) is 26.2 Å². The Morgan fingerprint density at radius 2 is 1.07 bits per heavy atom. The fraction of sp³-hybridized carbons (Fsp3) is 0.688. The van der Waals surface area contributed by atoms with E-state index in [4.69, 9.17) is 15.7 Å². The summed E-state index contributed by atoms with van der Waals surface area (Å²) < 4.78 is 115. The minimum absolute atomic E-state index is 0. The lowest BCUT2D eigenvalue weighted by Gasteiger charge is -2.30. The van der Waals surface area contributed by atoms with E-state index in [0.717, 1.165) is 35.5 Å². The number of alkyl halides is 4. The zero-order chi connectivity index (χ0) is 48.5. The molecule has 2 atom stereocenters. The lowest BCUT2D eigenvalue weighted by Crippen LogP contribution is -2.39. The number of carbonyl (C=O) groups is 1. The first-order valence-electron chi connectivity index (χ1n) is 24.0. The van der Waals surface area contributed by atoms with Gasteiger partial charge in [-0.15, -0.1) is 12.4 Å². The first-order valence-corrected chi connectivity index (χ1v) is 26.9. The van der Waals surface area contributed by atoms with Crippen LogP contribution in [0.15, 0.2) is 46.2 Å². The molecule has 0 radical (unpaired) electrons. The molecule has 2 aromatic heterocycles. The molecular weight excluding hydrogens is 944 g/mol. The van der Waals surface area contributed by atoms with Crippen LogP contribution in [0, 0.1) is 17.8 Å². The van der Waals surface area contributed by atoms with Crippen molar-refractivity contribution < 1.29 is 39.2 Å². The Morgan fingerprint density at radius 3 is 1.46 bits per heavy atom. The van der Waals surface area contributed by atoms with Crippen LogP contribution in [0.1, 0.15) is 130 Å². The summed E-state index contributed by atoms with van der Waals surface area (Å²) in [7, 11) is -7.35. The predicted molar refractivity (Wildman–Crippen MR) is 257 cm³/mol. The van der Waals surface area contributed by atoms with Crippen LogP contribution in [0.3, 0.4) is 0 Å². The molecule has 3 aliphatic carbocycles. The van der Waals surface area contributed by atoms with Crippen LogP contribution in [0.2, 0.25) is 0 Å². The topological polar surface area (TPSA) is 166 Å². The summed E-state index contributed by atoms with van der Waals surface area (Å²) in [6.07, 6.45) is 4.67. The SMILES string of the molecule is CC(C)(C)c1nc2cc(S(=O)(=O)N3CC[C@H](N)C3)ccc2n1CC1CCC(F)(F)CC1.CC(C)(C)c1nc2cc(S(=O)(=O)N3CC[C@H](NC(=O)C4CC4)C3)ccc2n1CC1CCC(F)(F)CC1.Cl. The van der Waals surface area contributed by atoms with Crippen molar-refractivity contribution >= 4 is 60.4 Å². The molecule has 4 heterocycles. The van der Waals surface area contributed by atoms with Gasteiger partial charge >= 0.3 is 0 Å². The van der Waals surface area contributed by atoms with Crippen molar-refractivity contribution in [3.05, 3.63) is 48.0 Å². The summed E-state index contributed by atoms with van der Waals surface area (Å²) >= 11 is 0. The molecule has 0 unspecified atom stereocenters. The number of imidazole rings is 2. The lowest BCUT2D eigenvalue weighted by molar-refractivity contribution is -0.122. The number of sulfonamides is 2. The summed E-state index contributed by atoms with van der Waals surface area (Å²) in [6.45, 7) is 14.9. The van der Waals surface area contributed by atoms with E-state index in [1.807, 2.05) is 0 Å². The first-order chi connectivity index (χ1) is 31.2. The number of nitrogens with two attached hydrogens (primary N) is 1. The van der Waals surface area contributed by atoms with Gasteiger partial charge in [0.15, 0.2) is 0 Å². The van der Waals surface area contributed by atoms with E-state index in [2.05, 4.69) is 56.0 Å². The number of benzene rings is 2. The van der Waals surface area contributed by atoms with Gasteiger partial charge in [-0.25, -0.2) is 44.4 Å². The largest absolute Gasteiger partial charge is 0.352 e. The van der Waals surface area contributed by atoms with Crippen LogP contribution in [0.4, 0.5) is 17.6 Å². The van der Waals surface area contributed by atoms with Crippen LogP contribution >= 0.6 is 12.4 Å². The molecule has 0 spiro atoms. The summed E-state index contributed by atoms with van der Waals surface area (Å²) in [4.78, 5) is 22.1. The van der Waals surface area contributed by atoms with Gasteiger partial charge < -0.3 is 20.2 Å². The Kier molecular flexibility index (Phi) is 14.9. The van der Waals surface area contributed by atoms with Crippen molar-refractivity contribution in [3.63, 3.8) is 0 Å². The highest BCUT2D eigenvalue weighted by molar-refractivity contribution is 7.89. The number of nitrogens with zero attached hydrogens (tertiary/aromatic N) is 6. The standard InChI is InChI=1S/C26H36F2N4O3S.C22H32F2N4O2S.ClH/c1-25(2,3)24-30-21-14-20(6-7-22(21)32(24)15-17-8-11-26(27,28)12-9-17)36(34,35)31-13-10-19(16-31)29-23(33)18-4-5-18;1-21(2,3)20-26-18-12-17(31(29,30)27-11-8-16(25)14-27)4-5-19(18)28(20)13-15-6-9-22(23,24)10-7-15;/h6-7,14,17-19H,4-5,8-13,15-16H2,1-3H3,(H,29,33);4-5,12,15-16H,6-11,13-14,25H2,1-3H3;1H/t19-;16-;/m00./s1. The molecule has 5 aliphatic rings. The molecule has 9 rings (SSSR count). The summed E-state index contributed by atoms with van der Waals surface area (Å²) in [5.74, 6) is -3.03. The molecule has 3 saturated carbocycles. The van der Waals surface area contributed by atoms with E-state index in [1.54, 1.807) is 36.4 Å². The van der Waals surface area contributed by atoms with Gasteiger partial charge in [0, 0.05) is 93.8 Å². The van der Waals surface area contributed by atoms with Gasteiger partial charge in [0.2, 0.25) is 37.8 Å². The van der Waals surface area contributed by atoms with Gasteiger partial charge in [0.1, 0.15) is 11.6 Å². The molecule has 0 bridgehead atoms. The quantitative estimate of drug-likeness (QED) is 0.149. The maximum absolute atomic E-state index is 13.7. The van der Waals surface area contributed by atoms with E-state index in [0.29, 0.717) is 82.3 Å². The molecule has 1 amide bonds. The lowest BCUT2D eigenvalue weighted by atomic mass is 9.86. The minimum Gasteiger partial charge on any atom is -0.352 e. The van der Waals surface area contributed by atoms with Crippen LogP contribution < -0.4 is 11.1 Å². The van der Waals surface area contributed by atoms with Crippen molar-refractivity contribution in [3.8, 4) is 0 Å². The second kappa shape index (κ2) is 19.3. The Balaban J connectivity index is 0.000000201. The number of hydrogen-bond acceptors (Lipinski definition) is 8. The fourth-order valence-corrected chi connectivity index (χ4v) is 13.2. The van der Waals surface area contributed by atoms with Gasteiger partial charge in [0.25, 0.3) is 0 Å². The molecule has 4 aromatic rings. The molecule has 2 saturated heterocycles. The Labute approximate surface area is 404 Å². The molecular formula is C48H69ClF4N8O5S2. The Bertz CT molecular complexity index is 2690. The molecule has 20 heteroatoms. The van der Waals surface area contributed by atoms with Gasteiger partial charge in [0.05, 0.1) is 31.9 Å². The summed E-state index contributed by atoms with van der Waals surface area (Å²) in [6, 6.07) is 9.81. The number of hydrogen-bond donors (Lipinski definition) is 2. The predicted octanol–water partition coefficient (Wildman–Crippen LogP) is 8.75. The van der Waals surface area contributed by atoms with E-state index >= 15 is 0 Å². The highest BCUT2D eigenvalue weighted by Crippen LogP contribution is 2.40. The third-order valence-electron chi connectivity index (χ3n) is 14.2. The normalized spacial score (nSPS) is 23.4. The number of halogens is 5. The van der Waals surface area contributed by atoms with Crippen LogP contribution in [0.25, 0.3) is 22.1 Å². The smallest absolute Gasteiger partial charge is 0.248 e. The third-order valence-corrected chi connectivity index (χ3v) is 18.0. The van der Waals surface area contributed by atoms with Gasteiger partial charge in [-0.2, -0.15) is 8.61 Å². The summed E-state index contributed by atoms with van der Waals surface area (Å²) in [5.41, 5.74) is 8.23. The van der Waals surface area contributed by atoms with Crippen LogP contribution in [0.5, 0.6) is 0 Å². The van der Waals surface area contributed by atoms with Crippen LogP contribution in [-0.2, 0) is 48.8 Å². The van der Waals surface area contributed by atoms with Gasteiger partial charge in [-0.1, -0.05) is 41.5 Å². The zero-order valence-corrected chi connectivity index (χ0v) is 42.6. The Hall–Kier alpha value is -3.36. The minimum atomic E-state index is -3.73. The number of rotatable bonds is 10. The number of nitrogens with one attached hydrogen (secondary N) is 1. The summed E-state index contributed by atoms with van der Waals surface area (Å²) in [5, 5.41) is 2.99. The van der Waals surface area contributed by atoms with Gasteiger partial charge in [-0.3, -0.25) is 4.79 Å². The van der Waals surface area contributed by atoms with E-state index < -0.39 is 31.9 Å². The van der Waals surface area contributed by atoms with Gasteiger partial charge in [-0.05, 0) is 99.6 Å².